The van der Waals surface area contributed by atoms with Gasteiger partial charge in [-0.25, -0.2) is 4.79 Å². The lowest BCUT2D eigenvalue weighted by Gasteiger charge is -2.10. The summed E-state index contributed by atoms with van der Waals surface area (Å²) >= 11 is 0. The minimum Gasteiger partial charge on any atom is -0.497 e. The van der Waals surface area contributed by atoms with E-state index in [0.29, 0.717) is 39.9 Å². The molecular weight excluding hydrogens is 348 g/mol. The molecule has 0 fully saturated rings. The van der Waals surface area contributed by atoms with Crippen LogP contribution in [-0.2, 0) is 9.53 Å². The van der Waals surface area contributed by atoms with E-state index in [1.54, 1.807) is 70.9 Å². The Balaban J connectivity index is 1.96. The molecule has 0 saturated heterocycles. The van der Waals surface area contributed by atoms with Crippen molar-refractivity contribution in [1.29, 1.82) is 0 Å². The van der Waals surface area contributed by atoms with Crippen LogP contribution in [0.25, 0.3) is 11.8 Å². The summed E-state index contributed by atoms with van der Waals surface area (Å²) in [6, 6.07) is 10.7. The second-order valence-corrected chi connectivity index (χ2v) is 5.68. The van der Waals surface area contributed by atoms with Gasteiger partial charge in [0, 0.05) is 6.07 Å². The van der Waals surface area contributed by atoms with E-state index >= 15 is 0 Å². The smallest absolute Gasteiger partial charge is 0.343 e. The van der Waals surface area contributed by atoms with Gasteiger partial charge >= 0.3 is 5.97 Å². The van der Waals surface area contributed by atoms with Crippen molar-refractivity contribution in [2.45, 2.75) is 0 Å². The monoisotopic (exact) mass is 368 g/mol. The first kappa shape index (κ1) is 18.4. The van der Waals surface area contributed by atoms with Gasteiger partial charge in [0.25, 0.3) is 0 Å². The van der Waals surface area contributed by atoms with Crippen LogP contribution < -0.4 is 18.9 Å². The predicted octanol–water partition coefficient (Wildman–Crippen LogP) is 3.70. The van der Waals surface area contributed by atoms with E-state index < -0.39 is 5.97 Å². The average Bonchev–Trinajstić information content (AvgIpc) is 3.07. The number of cyclic esters (lactones) is 1. The molecule has 140 valence electrons. The quantitative estimate of drug-likeness (QED) is 0.572. The van der Waals surface area contributed by atoms with Gasteiger partial charge in [0.05, 0.1) is 39.6 Å². The molecule has 1 aliphatic rings. The van der Waals surface area contributed by atoms with E-state index in [-0.39, 0.29) is 0 Å². The predicted molar refractivity (Wildman–Crippen MR) is 101 cm³/mol. The molecule has 0 spiro atoms. The Labute approximate surface area is 157 Å². The van der Waals surface area contributed by atoms with Gasteiger partial charge < -0.3 is 23.7 Å². The van der Waals surface area contributed by atoms with Gasteiger partial charge in [-0.1, -0.05) is 6.07 Å². The highest BCUT2D eigenvalue weighted by atomic mass is 16.5. The van der Waals surface area contributed by atoms with Crippen molar-refractivity contribution in [1.82, 2.24) is 0 Å². The number of esters is 1. The zero-order valence-electron chi connectivity index (χ0n) is 15.6. The molecule has 1 heterocycles. The number of benzene rings is 2. The summed E-state index contributed by atoms with van der Waals surface area (Å²) < 4.78 is 26.5. The highest BCUT2D eigenvalue weighted by molar-refractivity contribution is 6.05. The third-order valence-electron chi connectivity index (χ3n) is 4.13. The molecule has 0 atom stereocenters. The Morgan fingerprint density at radius 1 is 0.815 bits per heavy atom. The Morgan fingerprint density at radius 2 is 1.56 bits per heavy atom. The van der Waals surface area contributed by atoms with Crippen molar-refractivity contribution < 1.29 is 28.5 Å². The summed E-state index contributed by atoms with van der Waals surface area (Å²) in [7, 11) is 6.26. The van der Waals surface area contributed by atoms with Crippen LogP contribution in [0.1, 0.15) is 11.1 Å². The number of ether oxygens (including phenoxy) is 5. The van der Waals surface area contributed by atoms with Gasteiger partial charge in [-0.15, -0.1) is 0 Å². The van der Waals surface area contributed by atoms with Crippen LogP contribution in [0.5, 0.6) is 23.0 Å². The minimum atomic E-state index is -0.433. The molecular formula is C21H20O6. The third-order valence-corrected chi connectivity index (χ3v) is 4.13. The summed E-state index contributed by atoms with van der Waals surface area (Å²) in [5.41, 5.74) is 1.89. The summed E-state index contributed by atoms with van der Waals surface area (Å²) in [6.07, 6.45) is 3.41. The molecule has 2 aromatic rings. The van der Waals surface area contributed by atoms with Crippen molar-refractivity contribution in [3.05, 3.63) is 59.2 Å². The lowest BCUT2D eigenvalue weighted by atomic mass is 10.1. The first-order valence-corrected chi connectivity index (χ1v) is 8.19. The summed E-state index contributed by atoms with van der Waals surface area (Å²) in [4.78, 5) is 12.3. The molecule has 3 rings (SSSR count). The molecule has 6 heteroatoms. The fourth-order valence-electron chi connectivity index (χ4n) is 2.75. The largest absolute Gasteiger partial charge is 0.497 e. The number of hydrogen-bond acceptors (Lipinski definition) is 6. The molecule has 0 radical (unpaired) electrons. The molecule has 2 aromatic carbocycles. The number of carbonyl (C=O) groups excluding carboxylic acids is 1. The number of rotatable bonds is 6. The van der Waals surface area contributed by atoms with Crippen LogP contribution in [0.15, 0.2) is 48.0 Å². The fourth-order valence-corrected chi connectivity index (χ4v) is 2.75. The number of methoxy groups -OCH3 is 4. The van der Waals surface area contributed by atoms with E-state index in [1.165, 1.54) is 0 Å². The zero-order valence-corrected chi connectivity index (χ0v) is 15.6. The second kappa shape index (κ2) is 7.86. The Hall–Kier alpha value is -3.41. The maximum atomic E-state index is 12.3. The van der Waals surface area contributed by atoms with Crippen molar-refractivity contribution >= 4 is 17.8 Å². The van der Waals surface area contributed by atoms with Gasteiger partial charge in [-0.3, -0.25) is 0 Å². The highest BCUT2D eigenvalue weighted by Gasteiger charge is 2.24. The van der Waals surface area contributed by atoms with Gasteiger partial charge in [-0.05, 0) is 42.0 Å². The Kier molecular flexibility index (Phi) is 5.35. The molecule has 0 N–H and O–H groups in total. The average molecular weight is 368 g/mol. The zero-order chi connectivity index (χ0) is 19.4. The standard InChI is InChI=1S/C21H20O6/c1-23-15-6-7-16(18(12-15)25-3)19-11-14(21(22)27-19)9-13-5-8-17(24-2)20(10-13)26-4/h5-12H,1-4H3/b14-9-. The van der Waals surface area contributed by atoms with Crippen molar-refractivity contribution in [2.24, 2.45) is 0 Å². The van der Waals surface area contributed by atoms with Crippen molar-refractivity contribution in [3.8, 4) is 23.0 Å². The minimum absolute atomic E-state index is 0.422. The highest BCUT2D eigenvalue weighted by Crippen LogP contribution is 2.36. The summed E-state index contributed by atoms with van der Waals surface area (Å²) in [5, 5.41) is 0. The SMILES string of the molecule is COc1ccc(C2=C/C(=C/c3ccc(OC)c(OC)c3)C(=O)O2)c(OC)c1. The van der Waals surface area contributed by atoms with Crippen molar-refractivity contribution in [2.75, 3.05) is 28.4 Å². The molecule has 1 aliphatic heterocycles. The topological polar surface area (TPSA) is 63.2 Å². The van der Waals surface area contributed by atoms with E-state index in [4.69, 9.17) is 23.7 Å². The maximum Gasteiger partial charge on any atom is 0.343 e. The van der Waals surface area contributed by atoms with Crippen LogP contribution in [-0.4, -0.2) is 34.4 Å². The van der Waals surface area contributed by atoms with E-state index in [2.05, 4.69) is 0 Å². The van der Waals surface area contributed by atoms with Crippen LogP contribution in [0, 0.1) is 0 Å². The summed E-state index contributed by atoms with van der Waals surface area (Å²) in [5.74, 6) is 2.40. The number of carbonyl (C=O) groups is 1. The Bertz CT molecular complexity index is 926. The van der Waals surface area contributed by atoms with Crippen LogP contribution in [0.4, 0.5) is 0 Å². The van der Waals surface area contributed by atoms with E-state index in [0.717, 1.165) is 5.56 Å². The van der Waals surface area contributed by atoms with Crippen LogP contribution >= 0.6 is 0 Å². The second-order valence-electron chi connectivity index (χ2n) is 5.68. The van der Waals surface area contributed by atoms with Crippen molar-refractivity contribution in [3.63, 3.8) is 0 Å². The molecule has 6 nitrogen and oxygen atoms in total. The normalized spacial score (nSPS) is 14.6. The van der Waals surface area contributed by atoms with Crippen LogP contribution in [0.2, 0.25) is 0 Å². The molecule has 0 saturated carbocycles. The van der Waals surface area contributed by atoms with E-state index in [9.17, 15) is 4.79 Å². The Morgan fingerprint density at radius 3 is 2.22 bits per heavy atom. The third kappa shape index (κ3) is 3.74. The summed E-state index contributed by atoms with van der Waals surface area (Å²) in [6.45, 7) is 0. The van der Waals surface area contributed by atoms with Gasteiger partial charge in [0.15, 0.2) is 11.5 Å². The molecule has 27 heavy (non-hydrogen) atoms. The maximum absolute atomic E-state index is 12.3. The van der Waals surface area contributed by atoms with E-state index in [1.807, 2.05) is 6.07 Å². The lowest BCUT2D eigenvalue weighted by Crippen LogP contribution is -1.99. The lowest BCUT2D eigenvalue weighted by molar-refractivity contribution is -0.130. The first-order chi connectivity index (χ1) is 13.1. The van der Waals surface area contributed by atoms with Gasteiger partial charge in [-0.2, -0.15) is 0 Å². The fraction of sp³-hybridized carbons (Fsp3) is 0.190. The van der Waals surface area contributed by atoms with Gasteiger partial charge in [0.1, 0.15) is 17.3 Å². The first-order valence-electron chi connectivity index (χ1n) is 8.19. The molecule has 0 amide bonds. The molecule has 0 bridgehead atoms. The molecule has 0 unspecified atom stereocenters. The molecule has 0 aliphatic carbocycles. The van der Waals surface area contributed by atoms with Gasteiger partial charge in [0.2, 0.25) is 0 Å². The van der Waals surface area contributed by atoms with Crippen LogP contribution in [0.3, 0.4) is 0 Å². The molecule has 0 aromatic heterocycles. The number of hydrogen-bond donors (Lipinski definition) is 0.